The lowest BCUT2D eigenvalue weighted by Crippen LogP contribution is -2.32. The minimum atomic E-state index is 0.984. The number of aryl methyl sites for hydroxylation is 1. The third kappa shape index (κ3) is 5.74. The second kappa shape index (κ2) is 8.93. The van der Waals surface area contributed by atoms with E-state index in [0.29, 0.717) is 0 Å². The molecule has 0 aliphatic carbocycles. The first-order chi connectivity index (χ1) is 11.2. The second-order valence-electron chi connectivity index (χ2n) is 5.89. The zero-order chi connectivity index (χ0) is 16.5. The molecule has 0 spiro atoms. The van der Waals surface area contributed by atoms with Gasteiger partial charge in [0.2, 0.25) is 0 Å². The summed E-state index contributed by atoms with van der Waals surface area (Å²) in [6.45, 7) is 3.31. The molecule has 23 heavy (non-hydrogen) atoms. The summed E-state index contributed by atoms with van der Waals surface area (Å²) in [6.07, 6.45) is 9.85. The minimum Gasteiger partial charge on any atom is -0.378 e. The van der Waals surface area contributed by atoms with Gasteiger partial charge in [0.15, 0.2) is 12.4 Å². The first-order valence-electron chi connectivity index (χ1n) is 8.24. The van der Waals surface area contributed by atoms with Crippen molar-refractivity contribution in [3.63, 3.8) is 0 Å². The van der Waals surface area contributed by atoms with Crippen molar-refractivity contribution in [2.75, 3.05) is 24.4 Å². The molecule has 1 aromatic carbocycles. The van der Waals surface area contributed by atoms with E-state index in [1.807, 2.05) is 32.4 Å². The van der Waals surface area contributed by atoms with Crippen molar-refractivity contribution in [1.29, 1.82) is 0 Å². The molecule has 0 saturated heterocycles. The van der Waals surface area contributed by atoms with Gasteiger partial charge in [-0.1, -0.05) is 13.3 Å². The van der Waals surface area contributed by atoms with Crippen molar-refractivity contribution in [1.82, 2.24) is 0 Å². The summed E-state index contributed by atoms with van der Waals surface area (Å²) in [5.41, 5.74) is 6.31. The molecule has 0 fully saturated rings. The van der Waals surface area contributed by atoms with Crippen LogP contribution in [0, 0.1) is 0 Å². The molecule has 4 nitrogen and oxygen atoms in total. The SMILES string of the molecule is CCCCC[n+]1ccc(/C=N/Nc2ccc(N(C)C)cc2)cc1. The Hall–Kier alpha value is -2.36. The van der Waals surface area contributed by atoms with Crippen molar-refractivity contribution in [2.24, 2.45) is 5.10 Å². The molecule has 0 aliphatic heterocycles. The Labute approximate surface area is 139 Å². The Morgan fingerprint density at radius 3 is 2.35 bits per heavy atom. The summed E-state index contributed by atoms with van der Waals surface area (Å²) in [7, 11) is 4.06. The van der Waals surface area contributed by atoms with Crippen LogP contribution in [0.25, 0.3) is 0 Å². The van der Waals surface area contributed by atoms with Gasteiger partial charge in [0, 0.05) is 43.9 Å². The molecular formula is C19H27N4+. The topological polar surface area (TPSA) is 31.5 Å². The molecule has 1 heterocycles. The Balaban J connectivity index is 1.85. The number of benzene rings is 1. The smallest absolute Gasteiger partial charge is 0.169 e. The average Bonchev–Trinajstić information content (AvgIpc) is 2.57. The standard InChI is InChI=1S/C19H26N4/c1-4-5-6-13-23-14-11-17(12-15-23)16-20-21-18-7-9-19(10-8-18)22(2)3/h7-12,14-16H,4-6,13H2,1-3H3/p+1. The summed E-state index contributed by atoms with van der Waals surface area (Å²) in [6, 6.07) is 12.4. The Morgan fingerprint density at radius 1 is 1.04 bits per heavy atom. The molecule has 2 aromatic rings. The van der Waals surface area contributed by atoms with Gasteiger partial charge in [-0.15, -0.1) is 0 Å². The maximum atomic E-state index is 4.29. The minimum absolute atomic E-state index is 0.984. The molecule has 4 heteroatoms. The zero-order valence-corrected chi connectivity index (χ0v) is 14.4. The van der Waals surface area contributed by atoms with E-state index in [4.69, 9.17) is 0 Å². The van der Waals surface area contributed by atoms with Crippen molar-refractivity contribution in [3.8, 4) is 0 Å². The molecule has 0 bridgehead atoms. The van der Waals surface area contributed by atoms with Crippen molar-refractivity contribution in [2.45, 2.75) is 32.7 Å². The normalized spacial score (nSPS) is 10.9. The highest BCUT2D eigenvalue weighted by Gasteiger charge is 1.99. The second-order valence-corrected chi connectivity index (χ2v) is 5.89. The number of rotatable bonds is 8. The van der Waals surface area contributed by atoms with Gasteiger partial charge in [0.05, 0.1) is 11.9 Å². The molecule has 1 aromatic heterocycles. The average molecular weight is 311 g/mol. The van der Waals surface area contributed by atoms with E-state index in [2.05, 4.69) is 63.6 Å². The summed E-state index contributed by atoms with van der Waals surface area (Å²) in [5.74, 6) is 0. The van der Waals surface area contributed by atoms with Crippen LogP contribution < -0.4 is 14.9 Å². The number of aromatic nitrogens is 1. The fourth-order valence-corrected chi connectivity index (χ4v) is 2.26. The fourth-order valence-electron chi connectivity index (χ4n) is 2.26. The quantitative estimate of drug-likeness (QED) is 0.349. The molecule has 0 aliphatic rings. The summed E-state index contributed by atoms with van der Waals surface area (Å²) in [5, 5.41) is 4.29. The lowest BCUT2D eigenvalue weighted by atomic mass is 10.2. The van der Waals surface area contributed by atoms with E-state index in [1.54, 1.807) is 0 Å². The lowest BCUT2D eigenvalue weighted by molar-refractivity contribution is -0.697. The van der Waals surface area contributed by atoms with Crippen LogP contribution >= 0.6 is 0 Å². The van der Waals surface area contributed by atoms with Gasteiger partial charge < -0.3 is 4.90 Å². The largest absolute Gasteiger partial charge is 0.378 e. The number of hydrogen-bond donors (Lipinski definition) is 1. The van der Waals surface area contributed by atoms with Gasteiger partial charge >= 0.3 is 0 Å². The van der Waals surface area contributed by atoms with Crippen molar-refractivity contribution >= 4 is 17.6 Å². The van der Waals surface area contributed by atoms with Crippen LogP contribution in [-0.4, -0.2) is 20.3 Å². The fraction of sp³-hybridized carbons (Fsp3) is 0.368. The maximum Gasteiger partial charge on any atom is 0.169 e. The summed E-state index contributed by atoms with van der Waals surface area (Å²) < 4.78 is 2.22. The van der Waals surface area contributed by atoms with Gasteiger partial charge in [-0.25, -0.2) is 4.57 Å². The molecule has 0 amide bonds. The molecule has 0 radical (unpaired) electrons. The number of hydrazone groups is 1. The zero-order valence-electron chi connectivity index (χ0n) is 14.4. The first-order valence-corrected chi connectivity index (χ1v) is 8.24. The van der Waals surface area contributed by atoms with E-state index in [-0.39, 0.29) is 0 Å². The Kier molecular flexibility index (Phi) is 6.60. The predicted molar refractivity (Wildman–Crippen MR) is 98.1 cm³/mol. The van der Waals surface area contributed by atoms with Gasteiger partial charge in [-0.3, -0.25) is 5.43 Å². The number of pyridine rings is 1. The maximum absolute atomic E-state index is 4.29. The highest BCUT2D eigenvalue weighted by atomic mass is 15.3. The van der Waals surface area contributed by atoms with Crippen LogP contribution in [0.3, 0.4) is 0 Å². The third-order valence-corrected chi connectivity index (χ3v) is 3.73. The molecule has 0 unspecified atom stereocenters. The summed E-state index contributed by atoms with van der Waals surface area (Å²) >= 11 is 0. The lowest BCUT2D eigenvalue weighted by Gasteiger charge is -2.12. The number of nitrogens with one attached hydrogen (secondary N) is 1. The highest BCUT2D eigenvalue weighted by Crippen LogP contribution is 2.15. The van der Waals surface area contributed by atoms with Crippen LogP contribution in [-0.2, 0) is 6.54 Å². The van der Waals surface area contributed by atoms with Crippen molar-refractivity contribution < 1.29 is 4.57 Å². The monoisotopic (exact) mass is 311 g/mol. The number of hydrogen-bond acceptors (Lipinski definition) is 3. The predicted octanol–water partition coefficient (Wildman–Crippen LogP) is 3.68. The van der Waals surface area contributed by atoms with Crippen LogP contribution in [0.4, 0.5) is 11.4 Å². The highest BCUT2D eigenvalue weighted by molar-refractivity contribution is 5.79. The van der Waals surface area contributed by atoms with E-state index in [0.717, 1.165) is 17.8 Å². The van der Waals surface area contributed by atoms with Gasteiger partial charge in [-0.05, 0) is 30.7 Å². The number of unbranched alkanes of at least 4 members (excludes halogenated alkanes) is 2. The third-order valence-electron chi connectivity index (χ3n) is 3.73. The van der Waals surface area contributed by atoms with Gasteiger partial charge in [0.1, 0.15) is 6.54 Å². The van der Waals surface area contributed by atoms with Crippen LogP contribution in [0.1, 0.15) is 31.7 Å². The van der Waals surface area contributed by atoms with Crippen molar-refractivity contribution in [3.05, 3.63) is 54.4 Å². The van der Waals surface area contributed by atoms with E-state index >= 15 is 0 Å². The Morgan fingerprint density at radius 2 is 1.74 bits per heavy atom. The molecular weight excluding hydrogens is 284 g/mol. The van der Waals surface area contributed by atoms with Crippen LogP contribution in [0.2, 0.25) is 0 Å². The van der Waals surface area contributed by atoms with E-state index in [9.17, 15) is 0 Å². The molecule has 0 saturated carbocycles. The van der Waals surface area contributed by atoms with Gasteiger partial charge in [-0.2, -0.15) is 5.10 Å². The molecule has 0 atom stereocenters. The van der Waals surface area contributed by atoms with E-state index in [1.165, 1.54) is 24.9 Å². The Bertz CT molecular complexity index is 600. The summed E-state index contributed by atoms with van der Waals surface area (Å²) in [4.78, 5) is 2.08. The van der Waals surface area contributed by atoms with Gasteiger partial charge in [0.25, 0.3) is 0 Å². The molecule has 1 N–H and O–H groups in total. The number of anilines is 2. The molecule has 122 valence electrons. The van der Waals surface area contributed by atoms with E-state index < -0.39 is 0 Å². The van der Waals surface area contributed by atoms with Crippen LogP contribution in [0.5, 0.6) is 0 Å². The van der Waals surface area contributed by atoms with Crippen LogP contribution in [0.15, 0.2) is 53.9 Å². The number of nitrogens with zero attached hydrogens (tertiary/aromatic N) is 3. The molecule has 2 rings (SSSR count). The first kappa shape index (κ1) is 17.0.